The number of carbonyl (C=O) groups excluding carboxylic acids is 5. The van der Waals surface area contributed by atoms with Gasteiger partial charge in [0.25, 0.3) is 17.7 Å². The monoisotopic (exact) mass is 628 g/mol. The van der Waals surface area contributed by atoms with Gasteiger partial charge in [-0.15, -0.1) is 0 Å². The van der Waals surface area contributed by atoms with Crippen LogP contribution in [-0.4, -0.2) is 68.5 Å². The van der Waals surface area contributed by atoms with Gasteiger partial charge in [-0.25, -0.2) is 4.98 Å². The summed E-state index contributed by atoms with van der Waals surface area (Å²) < 4.78 is 2.27. The van der Waals surface area contributed by atoms with E-state index in [1.54, 1.807) is 0 Å². The van der Waals surface area contributed by atoms with Crippen LogP contribution in [0.3, 0.4) is 0 Å². The lowest BCUT2D eigenvalue weighted by molar-refractivity contribution is -0.136. The Morgan fingerprint density at radius 3 is 2.47 bits per heavy atom. The maximum absolute atomic E-state index is 13.1. The molecule has 11 heteroatoms. The third-order valence-electron chi connectivity index (χ3n) is 8.86. The molecule has 0 saturated carbocycles. The van der Waals surface area contributed by atoms with Gasteiger partial charge in [0.1, 0.15) is 11.7 Å². The number of likely N-dealkylation sites (N-methyl/N-ethyl adjacent to an activating group) is 1. The van der Waals surface area contributed by atoms with E-state index in [2.05, 4.69) is 62.5 Å². The summed E-state index contributed by atoms with van der Waals surface area (Å²) in [5.41, 5.74) is 4.64. The van der Waals surface area contributed by atoms with Crippen molar-refractivity contribution in [3.63, 3.8) is 0 Å². The van der Waals surface area contributed by atoms with Crippen LogP contribution in [0.4, 0.5) is 0 Å². The highest BCUT2D eigenvalue weighted by molar-refractivity contribution is 6.24. The van der Waals surface area contributed by atoms with Crippen molar-refractivity contribution in [3.05, 3.63) is 113 Å². The van der Waals surface area contributed by atoms with Gasteiger partial charge in [-0.2, -0.15) is 0 Å². The van der Waals surface area contributed by atoms with E-state index in [1.165, 1.54) is 29.1 Å². The van der Waals surface area contributed by atoms with Crippen LogP contribution < -0.4 is 10.6 Å². The topological polar surface area (TPSA) is 134 Å². The van der Waals surface area contributed by atoms with Crippen molar-refractivity contribution >= 4 is 51.5 Å². The van der Waals surface area contributed by atoms with Crippen molar-refractivity contribution in [2.75, 3.05) is 13.6 Å². The van der Waals surface area contributed by atoms with Crippen LogP contribution in [0.5, 0.6) is 0 Å². The molecule has 5 aromatic rings. The molecule has 0 spiro atoms. The maximum Gasteiger partial charge on any atom is 0.262 e. The van der Waals surface area contributed by atoms with Crippen LogP contribution in [0.25, 0.3) is 21.9 Å². The van der Waals surface area contributed by atoms with Crippen molar-refractivity contribution in [3.8, 4) is 0 Å². The first-order valence-corrected chi connectivity index (χ1v) is 15.5. The van der Waals surface area contributed by atoms with Crippen LogP contribution in [0.1, 0.15) is 55.0 Å². The quantitative estimate of drug-likeness (QED) is 0.238. The number of nitrogens with one attached hydrogen (secondary N) is 2. The van der Waals surface area contributed by atoms with Gasteiger partial charge >= 0.3 is 0 Å². The van der Waals surface area contributed by atoms with Crippen molar-refractivity contribution in [1.82, 2.24) is 30.0 Å². The van der Waals surface area contributed by atoms with Crippen LogP contribution in [0.15, 0.2) is 85.1 Å². The second kappa shape index (κ2) is 12.3. The number of piperidine rings is 1. The third-order valence-corrected chi connectivity index (χ3v) is 8.86. The molecule has 2 aliphatic heterocycles. The molecule has 1 unspecified atom stereocenters. The molecule has 2 aromatic heterocycles. The molecule has 47 heavy (non-hydrogen) atoms. The molecule has 5 amide bonds. The van der Waals surface area contributed by atoms with E-state index in [0.717, 1.165) is 46.7 Å². The fraction of sp³-hybridized carbons (Fsp3) is 0.222. The zero-order valence-electron chi connectivity index (χ0n) is 25.7. The molecule has 1 atom stereocenters. The first kappa shape index (κ1) is 30.0. The summed E-state index contributed by atoms with van der Waals surface area (Å²) in [6, 6.07) is 23.7. The van der Waals surface area contributed by atoms with Gasteiger partial charge in [0.05, 0.1) is 16.6 Å². The molecule has 4 heterocycles. The number of carbonyl (C=O) groups is 5. The molecular weight excluding hydrogens is 596 g/mol. The lowest BCUT2D eigenvalue weighted by Gasteiger charge is -2.27. The van der Waals surface area contributed by atoms with Crippen LogP contribution >= 0.6 is 0 Å². The molecule has 236 valence electrons. The predicted octanol–water partition coefficient (Wildman–Crippen LogP) is 3.65. The molecule has 1 fully saturated rings. The summed E-state index contributed by atoms with van der Waals surface area (Å²) in [5.74, 6) is -2.77. The Bertz CT molecular complexity index is 2030. The van der Waals surface area contributed by atoms with Gasteiger partial charge in [-0.1, -0.05) is 42.5 Å². The predicted molar refractivity (Wildman–Crippen MR) is 174 cm³/mol. The largest absolute Gasteiger partial charge is 0.348 e. The summed E-state index contributed by atoms with van der Waals surface area (Å²) in [4.78, 5) is 70.6. The Balaban J connectivity index is 0.943. The number of pyridine rings is 1. The summed E-state index contributed by atoms with van der Waals surface area (Å²) in [5, 5.41) is 7.41. The number of hydrogen-bond acceptors (Lipinski definition) is 7. The van der Waals surface area contributed by atoms with E-state index in [1.807, 2.05) is 36.5 Å². The van der Waals surface area contributed by atoms with E-state index in [4.69, 9.17) is 0 Å². The minimum atomic E-state index is -1.06. The van der Waals surface area contributed by atoms with E-state index in [9.17, 15) is 24.0 Å². The molecule has 1 saturated heterocycles. The van der Waals surface area contributed by atoms with Crippen molar-refractivity contribution in [2.45, 2.75) is 38.5 Å². The summed E-state index contributed by atoms with van der Waals surface area (Å²) >= 11 is 0. The van der Waals surface area contributed by atoms with Gasteiger partial charge < -0.3 is 14.8 Å². The fourth-order valence-electron chi connectivity index (χ4n) is 6.42. The molecule has 3 aromatic carbocycles. The number of aromatic nitrogens is 2. The third kappa shape index (κ3) is 5.66. The standard InChI is InChI=1S/C36H32N6O5/c1-40(17-18-41-29-7-3-2-5-25(29)26-6-4-16-37-32(26)41)21-23-10-8-22(9-11-23)20-38-33(44)24-12-13-27-28(19-24)36(47)42(35(27)46)30-14-15-31(43)39-34(30)45/h2-13,16,19,30H,14-15,17-18,20-21H2,1H3,(H,38,44)(H,39,43,45). The zero-order valence-corrected chi connectivity index (χ0v) is 25.7. The SMILES string of the molecule is CN(CCn1c2ccccc2c2cccnc21)Cc1ccc(CNC(=O)c2ccc3c(c2)C(=O)N(C2CCC(=O)NC2=O)C3=O)cc1. The Morgan fingerprint density at radius 2 is 1.66 bits per heavy atom. The van der Waals surface area contributed by atoms with Gasteiger partial charge in [-0.3, -0.25) is 34.2 Å². The highest BCUT2D eigenvalue weighted by Gasteiger charge is 2.44. The maximum atomic E-state index is 13.1. The molecule has 7 rings (SSSR count). The van der Waals surface area contributed by atoms with E-state index >= 15 is 0 Å². The molecule has 0 bridgehead atoms. The average Bonchev–Trinajstić information content (AvgIpc) is 3.53. The summed E-state index contributed by atoms with van der Waals surface area (Å²) in [7, 11) is 2.09. The van der Waals surface area contributed by atoms with Gasteiger partial charge in [-0.05, 0) is 61.0 Å². The highest BCUT2D eigenvalue weighted by atomic mass is 16.2. The van der Waals surface area contributed by atoms with Crippen LogP contribution in [0, 0.1) is 0 Å². The Morgan fingerprint density at radius 1 is 0.915 bits per heavy atom. The number of fused-ring (bicyclic) bond motifs is 4. The average molecular weight is 629 g/mol. The normalized spacial score (nSPS) is 16.3. The number of imide groups is 2. The minimum Gasteiger partial charge on any atom is -0.348 e. The number of para-hydroxylation sites is 1. The molecule has 11 nitrogen and oxygen atoms in total. The number of amides is 5. The number of benzene rings is 3. The second-order valence-corrected chi connectivity index (χ2v) is 12.0. The van der Waals surface area contributed by atoms with Crippen LogP contribution in [-0.2, 0) is 29.2 Å². The lowest BCUT2D eigenvalue weighted by Crippen LogP contribution is -2.54. The van der Waals surface area contributed by atoms with Gasteiger partial charge in [0.2, 0.25) is 11.8 Å². The van der Waals surface area contributed by atoms with E-state index in [-0.39, 0.29) is 36.1 Å². The number of hydrogen-bond donors (Lipinski definition) is 2. The fourth-order valence-corrected chi connectivity index (χ4v) is 6.42. The number of nitrogens with zero attached hydrogens (tertiary/aromatic N) is 4. The van der Waals surface area contributed by atoms with Gasteiger partial charge in [0, 0.05) is 55.1 Å². The summed E-state index contributed by atoms with van der Waals surface area (Å²) in [6.45, 7) is 2.68. The van der Waals surface area contributed by atoms with Crippen molar-refractivity contribution < 1.29 is 24.0 Å². The smallest absolute Gasteiger partial charge is 0.262 e. The lowest BCUT2D eigenvalue weighted by atomic mass is 10.0. The molecular formula is C36H32N6O5. The molecule has 0 radical (unpaired) electrons. The van der Waals surface area contributed by atoms with Crippen molar-refractivity contribution in [1.29, 1.82) is 0 Å². The first-order chi connectivity index (χ1) is 22.8. The second-order valence-electron chi connectivity index (χ2n) is 12.0. The molecule has 2 aliphatic rings. The Kier molecular flexibility index (Phi) is 7.82. The zero-order chi connectivity index (χ0) is 32.7. The highest BCUT2D eigenvalue weighted by Crippen LogP contribution is 2.29. The summed E-state index contributed by atoms with van der Waals surface area (Å²) in [6.07, 6.45) is 1.94. The molecule has 2 N–H and O–H groups in total. The minimum absolute atomic E-state index is 0.0384. The van der Waals surface area contributed by atoms with Crippen molar-refractivity contribution in [2.24, 2.45) is 0 Å². The first-order valence-electron chi connectivity index (χ1n) is 15.5. The van der Waals surface area contributed by atoms with E-state index < -0.39 is 35.6 Å². The van der Waals surface area contributed by atoms with Gasteiger partial charge in [0.15, 0.2) is 0 Å². The molecule has 0 aliphatic carbocycles. The Labute approximate surface area is 270 Å². The van der Waals surface area contributed by atoms with Crippen LogP contribution in [0.2, 0.25) is 0 Å². The number of rotatable bonds is 9. The Hall–Kier alpha value is -5.68. The van der Waals surface area contributed by atoms with E-state index in [0.29, 0.717) is 0 Å².